The van der Waals surface area contributed by atoms with Crippen LogP contribution in [0.25, 0.3) is 0 Å². The largest absolute Gasteiger partial charge is 0.282 e. The van der Waals surface area contributed by atoms with Gasteiger partial charge in [0.2, 0.25) is 0 Å². The summed E-state index contributed by atoms with van der Waals surface area (Å²) in [7, 11) is 0. The molecular weight excluding hydrogens is 176 g/mol. The number of allylic oxidation sites excluding steroid dienone is 2. The van der Waals surface area contributed by atoms with Crippen molar-refractivity contribution in [1.82, 2.24) is 10.0 Å². The molecule has 3 nitrogen and oxygen atoms in total. The Morgan fingerprint density at radius 3 is 2.57 bits per heavy atom. The van der Waals surface area contributed by atoms with E-state index in [9.17, 15) is 4.79 Å². The van der Waals surface area contributed by atoms with Crippen LogP contribution >= 0.6 is 0 Å². The van der Waals surface area contributed by atoms with Gasteiger partial charge in [-0.3, -0.25) is 9.80 Å². The van der Waals surface area contributed by atoms with E-state index in [2.05, 4.69) is 0 Å². The minimum absolute atomic E-state index is 0.0573. The van der Waals surface area contributed by atoms with Crippen molar-refractivity contribution in [2.24, 2.45) is 0 Å². The third kappa shape index (κ3) is 1.87. The van der Waals surface area contributed by atoms with E-state index >= 15 is 0 Å². The van der Waals surface area contributed by atoms with E-state index in [0.29, 0.717) is 0 Å². The molecule has 2 heterocycles. The molecule has 0 aromatic heterocycles. The summed E-state index contributed by atoms with van der Waals surface area (Å²) in [5.41, 5.74) is 0.811. The monoisotopic (exact) mass is 192 g/mol. The SMILES string of the molecule is CC.CC1=CCN2C=CC=CN2C1=O. The van der Waals surface area contributed by atoms with Gasteiger partial charge in [-0.1, -0.05) is 19.9 Å². The second kappa shape index (κ2) is 4.65. The van der Waals surface area contributed by atoms with Crippen LogP contribution in [-0.2, 0) is 4.79 Å². The van der Waals surface area contributed by atoms with Gasteiger partial charge in [0, 0.05) is 18.0 Å². The van der Waals surface area contributed by atoms with Crippen LogP contribution in [0.1, 0.15) is 20.8 Å². The predicted molar refractivity (Wildman–Crippen MR) is 56.9 cm³/mol. The molecule has 2 aliphatic rings. The number of rotatable bonds is 0. The van der Waals surface area contributed by atoms with Crippen LogP contribution in [0.4, 0.5) is 0 Å². The average molecular weight is 192 g/mol. The van der Waals surface area contributed by atoms with Crippen molar-refractivity contribution in [3.8, 4) is 0 Å². The van der Waals surface area contributed by atoms with Gasteiger partial charge in [-0.2, -0.15) is 0 Å². The van der Waals surface area contributed by atoms with E-state index in [1.54, 1.807) is 11.2 Å². The molecule has 0 aliphatic carbocycles. The molecule has 76 valence electrons. The highest BCUT2D eigenvalue weighted by atomic mass is 16.2. The zero-order chi connectivity index (χ0) is 10.6. The predicted octanol–water partition coefficient (Wildman–Crippen LogP) is 2.06. The quantitative estimate of drug-likeness (QED) is 0.586. The van der Waals surface area contributed by atoms with Gasteiger partial charge in [0.05, 0.1) is 6.54 Å². The number of hydrogen-bond donors (Lipinski definition) is 0. The van der Waals surface area contributed by atoms with E-state index in [4.69, 9.17) is 0 Å². The van der Waals surface area contributed by atoms with Crippen molar-refractivity contribution >= 4 is 5.91 Å². The Labute approximate surface area is 85.0 Å². The van der Waals surface area contributed by atoms with Crippen molar-refractivity contribution in [2.45, 2.75) is 20.8 Å². The van der Waals surface area contributed by atoms with Gasteiger partial charge < -0.3 is 0 Å². The Bertz CT molecular complexity index is 302. The number of carbonyl (C=O) groups excluding carboxylic acids is 1. The van der Waals surface area contributed by atoms with Gasteiger partial charge in [0.15, 0.2) is 0 Å². The molecule has 0 atom stereocenters. The van der Waals surface area contributed by atoms with Crippen LogP contribution in [0.15, 0.2) is 36.2 Å². The molecule has 0 unspecified atom stereocenters. The van der Waals surface area contributed by atoms with Crippen molar-refractivity contribution in [1.29, 1.82) is 0 Å². The molecular formula is C11H16N2O. The Balaban J connectivity index is 0.000000461. The normalized spacial score (nSPS) is 18.5. The summed E-state index contributed by atoms with van der Waals surface area (Å²) < 4.78 is 0. The molecule has 0 radical (unpaired) electrons. The lowest BCUT2D eigenvalue weighted by molar-refractivity contribution is -0.135. The molecule has 0 saturated heterocycles. The van der Waals surface area contributed by atoms with Crippen LogP contribution in [0.5, 0.6) is 0 Å². The van der Waals surface area contributed by atoms with E-state index in [0.717, 1.165) is 12.1 Å². The molecule has 0 fully saturated rings. The molecule has 14 heavy (non-hydrogen) atoms. The summed E-state index contributed by atoms with van der Waals surface area (Å²) in [6.45, 7) is 6.62. The first kappa shape index (κ1) is 10.6. The van der Waals surface area contributed by atoms with Gasteiger partial charge in [-0.25, -0.2) is 5.01 Å². The van der Waals surface area contributed by atoms with Crippen molar-refractivity contribution in [3.05, 3.63) is 36.2 Å². The number of carbonyl (C=O) groups is 1. The maximum atomic E-state index is 11.5. The zero-order valence-corrected chi connectivity index (χ0v) is 8.90. The average Bonchev–Trinajstić information content (AvgIpc) is 2.27. The first-order chi connectivity index (χ1) is 6.79. The third-order valence-electron chi connectivity index (χ3n) is 2.00. The second-order valence-electron chi connectivity index (χ2n) is 2.84. The zero-order valence-electron chi connectivity index (χ0n) is 8.90. The molecule has 1 amide bonds. The van der Waals surface area contributed by atoms with E-state index < -0.39 is 0 Å². The highest BCUT2D eigenvalue weighted by molar-refractivity contribution is 5.94. The van der Waals surface area contributed by atoms with Gasteiger partial charge in [0.25, 0.3) is 5.91 Å². The number of fused-ring (bicyclic) bond motifs is 1. The third-order valence-corrected chi connectivity index (χ3v) is 2.00. The number of amides is 1. The summed E-state index contributed by atoms with van der Waals surface area (Å²) in [5.74, 6) is 0.0573. The maximum absolute atomic E-state index is 11.5. The fourth-order valence-corrected chi connectivity index (χ4v) is 1.27. The molecule has 2 rings (SSSR count). The molecule has 0 N–H and O–H groups in total. The van der Waals surface area contributed by atoms with Crippen LogP contribution in [0.3, 0.4) is 0 Å². The fraction of sp³-hybridized carbons (Fsp3) is 0.364. The smallest absolute Gasteiger partial charge is 0.271 e. The summed E-state index contributed by atoms with van der Waals surface area (Å²) >= 11 is 0. The topological polar surface area (TPSA) is 23.6 Å². The van der Waals surface area contributed by atoms with Crippen molar-refractivity contribution in [3.63, 3.8) is 0 Å². The lowest BCUT2D eigenvalue weighted by atomic mass is 10.2. The van der Waals surface area contributed by atoms with Gasteiger partial charge in [-0.05, 0) is 19.1 Å². The standard InChI is InChI=1S/C9H10N2O.C2H6/c1-8-4-7-10-5-2-3-6-11(10)9(8)12;1-2/h2-6H,7H2,1H3;1-2H3. The highest BCUT2D eigenvalue weighted by Gasteiger charge is 2.22. The summed E-state index contributed by atoms with van der Waals surface area (Å²) in [5, 5.41) is 3.49. The minimum Gasteiger partial charge on any atom is -0.282 e. The van der Waals surface area contributed by atoms with Gasteiger partial charge in [0.1, 0.15) is 0 Å². The Kier molecular flexibility index (Phi) is 3.51. The first-order valence-corrected chi connectivity index (χ1v) is 4.91. The molecule has 0 aromatic rings. The van der Waals surface area contributed by atoms with Crippen LogP contribution in [-0.4, -0.2) is 22.5 Å². The second-order valence-corrected chi connectivity index (χ2v) is 2.84. The molecule has 2 aliphatic heterocycles. The summed E-state index contributed by atoms with van der Waals surface area (Å²) in [4.78, 5) is 11.5. The van der Waals surface area contributed by atoms with Crippen LogP contribution in [0.2, 0.25) is 0 Å². The molecule has 0 aromatic carbocycles. The Morgan fingerprint density at radius 1 is 1.21 bits per heavy atom. The summed E-state index contributed by atoms with van der Waals surface area (Å²) in [6.07, 6.45) is 9.37. The lowest BCUT2D eigenvalue weighted by Crippen LogP contribution is -2.44. The van der Waals surface area contributed by atoms with Gasteiger partial charge >= 0.3 is 0 Å². The van der Waals surface area contributed by atoms with Crippen molar-refractivity contribution in [2.75, 3.05) is 6.54 Å². The molecule has 0 bridgehead atoms. The number of nitrogens with zero attached hydrogens (tertiary/aromatic N) is 2. The Hall–Kier alpha value is -1.51. The molecule has 0 spiro atoms. The van der Waals surface area contributed by atoms with E-state index in [1.807, 2.05) is 50.2 Å². The first-order valence-electron chi connectivity index (χ1n) is 4.91. The lowest BCUT2D eigenvalue weighted by Gasteiger charge is -2.35. The highest BCUT2D eigenvalue weighted by Crippen LogP contribution is 2.15. The Morgan fingerprint density at radius 2 is 1.86 bits per heavy atom. The number of hydrogen-bond acceptors (Lipinski definition) is 2. The molecule has 3 heteroatoms. The van der Waals surface area contributed by atoms with E-state index in [-0.39, 0.29) is 5.91 Å². The summed E-state index contributed by atoms with van der Waals surface area (Å²) in [6, 6.07) is 0. The van der Waals surface area contributed by atoms with Gasteiger partial charge in [-0.15, -0.1) is 0 Å². The molecule has 0 saturated carbocycles. The van der Waals surface area contributed by atoms with E-state index in [1.165, 1.54) is 0 Å². The van der Waals surface area contributed by atoms with Crippen molar-refractivity contribution < 1.29 is 4.79 Å². The fourth-order valence-electron chi connectivity index (χ4n) is 1.27. The number of hydrazine groups is 1. The minimum atomic E-state index is 0.0573. The maximum Gasteiger partial charge on any atom is 0.271 e. The van der Waals surface area contributed by atoms with Crippen LogP contribution < -0.4 is 0 Å². The van der Waals surface area contributed by atoms with Crippen LogP contribution in [0, 0.1) is 0 Å².